The summed E-state index contributed by atoms with van der Waals surface area (Å²) in [5, 5.41) is 20.5. The van der Waals surface area contributed by atoms with Crippen molar-refractivity contribution in [2.45, 2.75) is 12.1 Å². The maximum Gasteiger partial charge on any atom is 0.326 e. The molecule has 2 aliphatic heterocycles. The highest BCUT2D eigenvalue weighted by Crippen LogP contribution is 2.41. The van der Waals surface area contributed by atoms with Gasteiger partial charge in [-0.2, -0.15) is 5.10 Å². The van der Waals surface area contributed by atoms with Crippen LogP contribution in [0.5, 0.6) is 0 Å². The van der Waals surface area contributed by atoms with Crippen LogP contribution in [-0.4, -0.2) is 33.4 Å². The lowest BCUT2D eigenvalue weighted by molar-refractivity contribution is 0.0960. The summed E-state index contributed by atoms with van der Waals surface area (Å²) in [6.07, 6.45) is 2.20. The van der Waals surface area contributed by atoms with Gasteiger partial charge in [0.05, 0.1) is 35.8 Å². The highest BCUT2D eigenvalue weighted by atomic mass is 35.5. The zero-order valence-electron chi connectivity index (χ0n) is 19.0. The smallest absolute Gasteiger partial charge is 0.326 e. The van der Waals surface area contributed by atoms with E-state index in [1.165, 1.54) is 46.0 Å². The van der Waals surface area contributed by atoms with Crippen molar-refractivity contribution in [3.63, 3.8) is 0 Å². The first-order valence-corrected chi connectivity index (χ1v) is 11.7. The first kappa shape index (κ1) is 23.1. The van der Waals surface area contributed by atoms with E-state index in [1.807, 2.05) is 0 Å². The molecule has 3 aromatic carbocycles. The number of rotatable bonds is 3. The second kappa shape index (κ2) is 8.68. The molecule has 186 valence electrons. The molecule has 2 aliphatic rings. The van der Waals surface area contributed by atoms with Crippen LogP contribution < -0.4 is 15.5 Å². The van der Waals surface area contributed by atoms with E-state index >= 15 is 0 Å². The molecule has 0 saturated carbocycles. The number of aromatic nitrogens is 2. The van der Waals surface area contributed by atoms with Crippen molar-refractivity contribution in [1.82, 2.24) is 15.1 Å². The summed E-state index contributed by atoms with van der Waals surface area (Å²) < 4.78 is 29.4. The minimum absolute atomic E-state index is 0.0814. The quantitative estimate of drug-likeness (QED) is 0.363. The van der Waals surface area contributed by atoms with Crippen molar-refractivity contribution in [3.05, 3.63) is 106 Å². The molecule has 0 saturated heterocycles. The first-order valence-electron chi connectivity index (χ1n) is 11.3. The van der Waals surface area contributed by atoms with Gasteiger partial charge in [-0.05, 0) is 54.6 Å². The number of urea groups is 1. The number of benzene rings is 3. The minimum Gasteiger partial charge on any atom is -0.386 e. The predicted octanol–water partition coefficient (Wildman–Crippen LogP) is 4.72. The van der Waals surface area contributed by atoms with Crippen molar-refractivity contribution in [2.24, 2.45) is 0 Å². The summed E-state index contributed by atoms with van der Waals surface area (Å²) in [6.45, 7) is -0.0814. The van der Waals surface area contributed by atoms with Gasteiger partial charge in [0.2, 0.25) is 0 Å². The standard InChI is InChI=1S/C26H18ClF2N5O3/c27-19-4-2-13(28)8-16(19)24-23-18(25(36)32-24)10-15(34-7-1-6-30-34)11-20(23)31-26(37)33-12-22(35)17-9-14(29)3-5-21(17)33/h1-11,22,24,35H,12H2,(H,31,37)(H,32,36)/t22-,24-/m1/s1. The molecule has 11 heteroatoms. The van der Waals surface area contributed by atoms with E-state index in [0.717, 1.165) is 0 Å². The van der Waals surface area contributed by atoms with Crippen LogP contribution in [0.2, 0.25) is 5.02 Å². The molecular formula is C26H18ClF2N5O3. The second-order valence-corrected chi connectivity index (χ2v) is 9.14. The Morgan fingerprint density at radius 3 is 2.62 bits per heavy atom. The van der Waals surface area contributed by atoms with E-state index in [9.17, 15) is 23.5 Å². The molecule has 0 aliphatic carbocycles. The number of hydrogen-bond acceptors (Lipinski definition) is 4. The van der Waals surface area contributed by atoms with Crippen molar-refractivity contribution >= 4 is 34.9 Å². The molecule has 0 unspecified atom stereocenters. The number of anilines is 2. The topological polar surface area (TPSA) is 99.5 Å². The average molecular weight is 522 g/mol. The Labute approximate surface area is 214 Å². The number of hydrogen-bond donors (Lipinski definition) is 3. The molecule has 37 heavy (non-hydrogen) atoms. The Kier molecular flexibility index (Phi) is 5.43. The van der Waals surface area contributed by atoms with Crippen LogP contribution in [0.4, 0.5) is 25.0 Å². The van der Waals surface area contributed by atoms with Crippen LogP contribution in [0.1, 0.15) is 39.2 Å². The summed E-state index contributed by atoms with van der Waals surface area (Å²) in [6, 6.07) is 11.2. The molecule has 6 rings (SSSR count). The molecule has 1 aromatic heterocycles. The van der Waals surface area contributed by atoms with E-state index < -0.39 is 35.7 Å². The third-order valence-corrected chi connectivity index (χ3v) is 6.84. The summed E-state index contributed by atoms with van der Waals surface area (Å²) in [5.41, 5.74) is 2.43. The summed E-state index contributed by atoms with van der Waals surface area (Å²) in [5.74, 6) is -1.48. The fourth-order valence-corrected chi connectivity index (χ4v) is 5.05. The van der Waals surface area contributed by atoms with Gasteiger partial charge in [0, 0.05) is 39.7 Å². The highest BCUT2D eigenvalue weighted by molar-refractivity contribution is 6.31. The van der Waals surface area contributed by atoms with Gasteiger partial charge in [-0.1, -0.05) is 11.6 Å². The third-order valence-electron chi connectivity index (χ3n) is 6.49. The number of aliphatic hydroxyl groups is 1. The first-order chi connectivity index (χ1) is 17.8. The molecule has 3 amide bonds. The van der Waals surface area contributed by atoms with E-state index in [0.29, 0.717) is 28.1 Å². The molecule has 0 spiro atoms. The monoisotopic (exact) mass is 521 g/mol. The fraction of sp³-hybridized carbons (Fsp3) is 0.115. The zero-order chi connectivity index (χ0) is 25.8. The zero-order valence-corrected chi connectivity index (χ0v) is 19.7. The van der Waals surface area contributed by atoms with E-state index in [4.69, 9.17) is 11.6 Å². The normalized spacial score (nSPS) is 17.9. The van der Waals surface area contributed by atoms with Crippen LogP contribution in [0.3, 0.4) is 0 Å². The number of aliphatic hydroxyl groups excluding tert-OH is 1. The number of halogens is 3. The highest BCUT2D eigenvalue weighted by Gasteiger charge is 2.37. The lowest BCUT2D eigenvalue weighted by Crippen LogP contribution is -2.34. The van der Waals surface area contributed by atoms with Gasteiger partial charge in [0.15, 0.2) is 0 Å². The lowest BCUT2D eigenvalue weighted by Gasteiger charge is -2.22. The van der Waals surface area contributed by atoms with Gasteiger partial charge in [-0.15, -0.1) is 0 Å². The van der Waals surface area contributed by atoms with Gasteiger partial charge < -0.3 is 15.7 Å². The van der Waals surface area contributed by atoms with Crippen LogP contribution in [-0.2, 0) is 0 Å². The number of β-amino-alcohol motifs (C(OH)–C–C–N with tert-alkyl or cyclic N) is 1. The Balaban J connectivity index is 1.46. The van der Waals surface area contributed by atoms with Crippen molar-refractivity contribution in [1.29, 1.82) is 0 Å². The van der Waals surface area contributed by atoms with Crippen molar-refractivity contribution in [3.8, 4) is 5.69 Å². The van der Waals surface area contributed by atoms with Gasteiger partial charge in [-0.25, -0.2) is 18.3 Å². The number of nitrogens with one attached hydrogen (secondary N) is 2. The predicted molar refractivity (Wildman–Crippen MR) is 132 cm³/mol. The average Bonchev–Trinajstić information content (AvgIpc) is 3.60. The minimum atomic E-state index is -1.06. The summed E-state index contributed by atoms with van der Waals surface area (Å²) in [4.78, 5) is 27.8. The Morgan fingerprint density at radius 1 is 1.11 bits per heavy atom. The van der Waals surface area contributed by atoms with Gasteiger partial charge in [-0.3, -0.25) is 9.69 Å². The van der Waals surface area contributed by atoms with Crippen molar-refractivity contribution < 1.29 is 23.5 Å². The molecule has 0 radical (unpaired) electrons. The molecular weight excluding hydrogens is 504 g/mol. The molecule has 2 atom stereocenters. The maximum absolute atomic E-state index is 14.1. The number of nitrogens with zero attached hydrogens (tertiary/aromatic N) is 3. The summed E-state index contributed by atoms with van der Waals surface area (Å²) in [7, 11) is 0. The van der Waals surface area contributed by atoms with E-state index in [-0.39, 0.29) is 22.8 Å². The molecule has 3 heterocycles. The number of fused-ring (bicyclic) bond motifs is 2. The number of carbonyl (C=O) groups is 2. The van der Waals surface area contributed by atoms with Gasteiger partial charge >= 0.3 is 6.03 Å². The second-order valence-electron chi connectivity index (χ2n) is 8.74. The Morgan fingerprint density at radius 2 is 1.86 bits per heavy atom. The van der Waals surface area contributed by atoms with Crippen LogP contribution in [0.15, 0.2) is 67.0 Å². The van der Waals surface area contributed by atoms with Gasteiger partial charge in [0.25, 0.3) is 5.91 Å². The van der Waals surface area contributed by atoms with Crippen molar-refractivity contribution in [2.75, 3.05) is 16.8 Å². The molecule has 0 bridgehead atoms. The van der Waals surface area contributed by atoms with Gasteiger partial charge in [0.1, 0.15) is 11.6 Å². The maximum atomic E-state index is 14.1. The Bertz CT molecular complexity index is 1580. The lowest BCUT2D eigenvalue weighted by atomic mass is 9.95. The molecule has 8 nitrogen and oxygen atoms in total. The Hall–Kier alpha value is -4.28. The summed E-state index contributed by atoms with van der Waals surface area (Å²) >= 11 is 6.36. The largest absolute Gasteiger partial charge is 0.386 e. The SMILES string of the molecule is O=C1N[C@H](c2cc(F)ccc2Cl)c2c(NC(=O)N3C[C@@H](O)c4cc(F)ccc43)cc(-n3cccn3)cc21. The van der Waals surface area contributed by atoms with E-state index in [1.54, 1.807) is 30.6 Å². The van der Waals surface area contributed by atoms with Crippen LogP contribution in [0, 0.1) is 11.6 Å². The third kappa shape index (κ3) is 3.90. The number of carbonyl (C=O) groups excluding carboxylic acids is 2. The fourth-order valence-electron chi connectivity index (χ4n) is 4.83. The molecule has 0 fully saturated rings. The number of amides is 3. The van der Waals surface area contributed by atoms with E-state index in [2.05, 4.69) is 15.7 Å². The molecule has 4 aromatic rings. The van der Waals surface area contributed by atoms with Crippen LogP contribution >= 0.6 is 11.6 Å². The van der Waals surface area contributed by atoms with Crippen LogP contribution in [0.25, 0.3) is 5.69 Å². The molecule has 3 N–H and O–H groups in total.